The molecular weight excluding hydrogens is 320 g/mol. The first-order chi connectivity index (χ1) is 12.4. The lowest BCUT2D eigenvalue weighted by molar-refractivity contribution is -0.165. The number of terminal acetylenes is 1. The molecule has 4 aliphatic carbocycles. The standard InChI is InChI=1S/C24H36O2/c1-5-24(21(25)26-6-2)16-15-22(3)14-12-19-18(20(22)24)11-10-17-9-7-8-13-23(17,19)4/h1,17-20H,6-16H2,2-4H3/t17-,18-,19+,20+,22-,23+,24?/m1/s1. The van der Waals surface area contributed by atoms with Gasteiger partial charge in [0.15, 0.2) is 0 Å². The fourth-order valence-corrected chi connectivity index (χ4v) is 8.17. The van der Waals surface area contributed by atoms with Gasteiger partial charge in [0.05, 0.1) is 6.61 Å². The van der Waals surface area contributed by atoms with Crippen molar-refractivity contribution in [3.05, 3.63) is 0 Å². The van der Waals surface area contributed by atoms with E-state index in [0.29, 0.717) is 23.9 Å². The van der Waals surface area contributed by atoms with Crippen molar-refractivity contribution in [2.75, 3.05) is 6.61 Å². The molecule has 0 spiro atoms. The lowest BCUT2D eigenvalue weighted by Crippen LogP contribution is -2.55. The minimum absolute atomic E-state index is 0.104. The largest absolute Gasteiger partial charge is 0.465 e. The van der Waals surface area contributed by atoms with Crippen molar-refractivity contribution in [3.8, 4) is 12.3 Å². The van der Waals surface area contributed by atoms with E-state index >= 15 is 0 Å². The number of fused-ring (bicyclic) bond motifs is 5. The molecule has 0 heterocycles. The number of carbonyl (C=O) groups excluding carboxylic acids is 1. The van der Waals surface area contributed by atoms with Gasteiger partial charge in [-0.2, -0.15) is 0 Å². The third-order valence-corrected chi connectivity index (χ3v) is 9.39. The average molecular weight is 357 g/mol. The van der Waals surface area contributed by atoms with Gasteiger partial charge in [0.25, 0.3) is 0 Å². The first-order valence-electron chi connectivity index (χ1n) is 11.1. The van der Waals surface area contributed by atoms with Crippen LogP contribution in [0.1, 0.15) is 85.0 Å². The molecule has 0 aromatic heterocycles. The van der Waals surface area contributed by atoms with Crippen LogP contribution in [0.2, 0.25) is 0 Å². The summed E-state index contributed by atoms with van der Waals surface area (Å²) in [6.45, 7) is 7.32. The molecule has 7 atom stereocenters. The summed E-state index contributed by atoms with van der Waals surface area (Å²) in [5.41, 5.74) is 0.0181. The molecule has 0 amide bonds. The van der Waals surface area contributed by atoms with Crippen LogP contribution in [-0.2, 0) is 9.53 Å². The van der Waals surface area contributed by atoms with Crippen molar-refractivity contribution < 1.29 is 9.53 Å². The first kappa shape index (κ1) is 18.4. The fraction of sp³-hybridized carbons (Fsp3) is 0.875. The predicted molar refractivity (Wildman–Crippen MR) is 104 cm³/mol. The van der Waals surface area contributed by atoms with E-state index in [1.54, 1.807) is 0 Å². The van der Waals surface area contributed by atoms with Crippen LogP contribution < -0.4 is 0 Å². The second kappa shape index (κ2) is 6.29. The van der Waals surface area contributed by atoms with E-state index < -0.39 is 5.41 Å². The second-order valence-corrected chi connectivity index (χ2v) is 10.3. The highest BCUT2D eigenvalue weighted by atomic mass is 16.5. The van der Waals surface area contributed by atoms with E-state index in [1.165, 1.54) is 51.4 Å². The Kier molecular flexibility index (Phi) is 4.45. The van der Waals surface area contributed by atoms with Gasteiger partial charge in [0.2, 0.25) is 0 Å². The Labute approximate surface area is 159 Å². The van der Waals surface area contributed by atoms with Crippen LogP contribution in [0.4, 0.5) is 0 Å². The quantitative estimate of drug-likeness (QED) is 0.475. The molecule has 0 bridgehead atoms. The zero-order valence-corrected chi connectivity index (χ0v) is 17.0. The smallest absolute Gasteiger partial charge is 0.324 e. The lowest BCUT2D eigenvalue weighted by atomic mass is 9.43. The number of esters is 1. The minimum atomic E-state index is -0.675. The fourth-order valence-electron chi connectivity index (χ4n) is 8.17. The van der Waals surface area contributed by atoms with Crippen molar-refractivity contribution in [3.63, 3.8) is 0 Å². The van der Waals surface area contributed by atoms with Gasteiger partial charge in [-0.25, -0.2) is 0 Å². The van der Waals surface area contributed by atoms with Crippen LogP contribution in [0.5, 0.6) is 0 Å². The summed E-state index contributed by atoms with van der Waals surface area (Å²) in [5.74, 6) is 5.49. The molecule has 0 aromatic rings. The van der Waals surface area contributed by atoms with Crippen LogP contribution in [0.25, 0.3) is 0 Å². The third kappa shape index (κ3) is 2.35. The van der Waals surface area contributed by atoms with Crippen LogP contribution in [0.3, 0.4) is 0 Å². The highest BCUT2D eigenvalue weighted by Gasteiger charge is 2.66. The molecule has 0 radical (unpaired) electrons. The van der Waals surface area contributed by atoms with Gasteiger partial charge in [-0.3, -0.25) is 4.79 Å². The Bertz CT molecular complexity index is 618. The summed E-state index contributed by atoms with van der Waals surface area (Å²) in [7, 11) is 0. The Morgan fingerprint density at radius 3 is 2.62 bits per heavy atom. The molecule has 1 unspecified atom stereocenters. The summed E-state index contributed by atoms with van der Waals surface area (Å²) in [6.07, 6.45) is 18.8. The number of ether oxygens (including phenoxy) is 1. The monoisotopic (exact) mass is 356 g/mol. The maximum Gasteiger partial charge on any atom is 0.324 e. The van der Waals surface area contributed by atoms with Crippen LogP contribution >= 0.6 is 0 Å². The van der Waals surface area contributed by atoms with E-state index in [2.05, 4.69) is 19.8 Å². The average Bonchev–Trinajstić information content (AvgIpc) is 2.95. The Morgan fingerprint density at radius 2 is 1.88 bits per heavy atom. The normalized spacial score (nSPS) is 50.1. The molecule has 4 rings (SSSR count). The molecule has 0 aliphatic heterocycles. The SMILES string of the molecule is C#CC1(C(=O)OCC)CC[C@@]2(C)CC[C@H]3[C@@H](CC[C@H]4CCCC[C@@]43C)[C@H]12. The maximum atomic E-state index is 13.1. The van der Waals surface area contributed by atoms with Crippen molar-refractivity contribution in [1.82, 2.24) is 0 Å². The van der Waals surface area contributed by atoms with Crippen LogP contribution in [-0.4, -0.2) is 12.6 Å². The number of carbonyl (C=O) groups is 1. The third-order valence-electron chi connectivity index (χ3n) is 9.39. The molecule has 4 aliphatic rings. The van der Waals surface area contributed by atoms with Gasteiger partial charge in [0, 0.05) is 0 Å². The highest BCUT2D eigenvalue weighted by Crippen LogP contribution is 2.70. The zero-order chi connectivity index (χ0) is 18.6. The van der Waals surface area contributed by atoms with Gasteiger partial charge in [0.1, 0.15) is 5.41 Å². The predicted octanol–water partition coefficient (Wildman–Crippen LogP) is 5.60. The Hall–Kier alpha value is -0.970. The van der Waals surface area contributed by atoms with Gasteiger partial charge >= 0.3 is 5.97 Å². The summed E-state index contributed by atoms with van der Waals surface area (Å²) in [4.78, 5) is 13.1. The van der Waals surface area contributed by atoms with E-state index in [4.69, 9.17) is 11.2 Å². The number of rotatable bonds is 2. The molecule has 4 saturated carbocycles. The highest BCUT2D eigenvalue weighted by molar-refractivity contribution is 5.81. The number of hydrogen-bond acceptors (Lipinski definition) is 2. The first-order valence-corrected chi connectivity index (χ1v) is 11.1. The van der Waals surface area contributed by atoms with Crippen molar-refractivity contribution in [1.29, 1.82) is 0 Å². The molecule has 4 fully saturated rings. The van der Waals surface area contributed by atoms with Gasteiger partial charge in [-0.1, -0.05) is 32.6 Å². The Balaban J connectivity index is 1.73. The molecule has 0 aromatic carbocycles. The molecule has 26 heavy (non-hydrogen) atoms. The van der Waals surface area contributed by atoms with Crippen LogP contribution in [0, 0.1) is 52.3 Å². The summed E-state index contributed by atoms with van der Waals surface area (Å²) in [6, 6.07) is 0. The summed E-state index contributed by atoms with van der Waals surface area (Å²) < 4.78 is 5.54. The summed E-state index contributed by atoms with van der Waals surface area (Å²) in [5, 5.41) is 0. The molecule has 144 valence electrons. The molecule has 2 heteroatoms. The molecule has 0 saturated heterocycles. The lowest BCUT2D eigenvalue weighted by Gasteiger charge is -2.61. The van der Waals surface area contributed by atoms with Crippen molar-refractivity contribution in [2.24, 2.45) is 39.9 Å². The summed E-state index contributed by atoms with van der Waals surface area (Å²) >= 11 is 0. The van der Waals surface area contributed by atoms with E-state index in [0.717, 1.165) is 24.7 Å². The minimum Gasteiger partial charge on any atom is -0.465 e. The van der Waals surface area contributed by atoms with E-state index in [9.17, 15) is 4.79 Å². The Morgan fingerprint density at radius 1 is 1.08 bits per heavy atom. The van der Waals surface area contributed by atoms with Crippen LogP contribution in [0.15, 0.2) is 0 Å². The number of hydrogen-bond donors (Lipinski definition) is 0. The van der Waals surface area contributed by atoms with Crippen molar-refractivity contribution in [2.45, 2.75) is 85.0 Å². The molecular formula is C24H36O2. The maximum absolute atomic E-state index is 13.1. The van der Waals surface area contributed by atoms with E-state index in [1.807, 2.05) is 6.92 Å². The van der Waals surface area contributed by atoms with Gasteiger partial charge in [-0.15, -0.1) is 6.42 Å². The van der Waals surface area contributed by atoms with Gasteiger partial charge in [-0.05, 0) is 92.8 Å². The molecule has 2 nitrogen and oxygen atoms in total. The van der Waals surface area contributed by atoms with Gasteiger partial charge < -0.3 is 4.74 Å². The van der Waals surface area contributed by atoms with E-state index in [-0.39, 0.29) is 11.4 Å². The molecule has 0 N–H and O–H groups in total. The topological polar surface area (TPSA) is 26.3 Å². The zero-order valence-electron chi connectivity index (χ0n) is 17.0. The second-order valence-electron chi connectivity index (χ2n) is 10.3. The van der Waals surface area contributed by atoms with Crippen molar-refractivity contribution >= 4 is 5.97 Å².